The third-order valence-electron chi connectivity index (χ3n) is 13.9. The highest BCUT2D eigenvalue weighted by Gasteiger charge is 2.44. The second-order valence-electron chi connectivity index (χ2n) is 16.6. The van der Waals surface area contributed by atoms with Crippen LogP contribution in [0, 0.1) is 35.4 Å². The van der Waals surface area contributed by atoms with Gasteiger partial charge in [0.1, 0.15) is 17.3 Å². The van der Waals surface area contributed by atoms with E-state index in [9.17, 15) is 9.18 Å². The lowest BCUT2D eigenvalue weighted by Gasteiger charge is -2.40. The molecule has 5 aliphatic carbocycles. The number of halogens is 1. The van der Waals surface area contributed by atoms with Crippen LogP contribution in [0.4, 0.5) is 4.39 Å². The van der Waals surface area contributed by atoms with E-state index in [0.29, 0.717) is 17.6 Å². The summed E-state index contributed by atoms with van der Waals surface area (Å²) >= 11 is 0. The summed E-state index contributed by atoms with van der Waals surface area (Å²) in [7, 11) is 3.40. The number of ether oxygens (including phenoxy) is 2. The van der Waals surface area contributed by atoms with Crippen molar-refractivity contribution in [3.63, 3.8) is 0 Å². The van der Waals surface area contributed by atoms with Crippen molar-refractivity contribution in [2.24, 2.45) is 29.6 Å². The van der Waals surface area contributed by atoms with Gasteiger partial charge in [0, 0.05) is 29.6 Å². The van der Waals surface area contributed by atoms with Crippen molar-refractivity contribution in [3.05, 3.63) is 58.9 Å². The molecule has 0 radical (unpaired) electrons. The van der Waals surface area contributed by atoms with Crippen molar-refractivity contribution in [1.29, 1.82) is 0 Å². The van der Waals surface area contributed by atoms with Crippen molar-refractivity contribution in [1.82, 2.24) is 9.80 Å². The molecule has 2 aromatic rings. The summed E-state index contributed by atoms with van der Waals surface area (Å²) in [6.07, 6.45) is 18.6. The molecule has 2 heterocycles. The van der Waals surface area contributed by atoms with Gasteiger partial charge in [-0.1, -0.05) is 18.9 Å². The standard InChI is InChI=1S/C23H31NO2.C19H26FNO/c1-26-22-7-6-19(23(25)17-4-5-17)14-20(22)16-8-10-24(11-9-16)21-13-15-2-3-18(21)12-15;1-22-19-12-16(20)4-5-17(19)14-6-8-21(9-7-14)18-11-13-2-3-15(18)10-13/h6-7,14-18,21H,2-5,8-13H2,1H3;4-5,12-15,18H,2-3,6-11H2,1H3/t15-,18-,21-;13-,15-,18-/m00/s1. The summed E-state index contributed by atoms with van der Waals surface area (Å²) < 4.78 is 24.4. The molecule has 0 N–H and O–H groups in total. The van der Waals surface area contributed by atoms with E-state index in [4.69, 9.17) is 9.47 Å². The Labute approximate surface area is 287 Å². The number of carbonyl (C=O) groups is 1. The van der Waals surface area contributed by atoms with Crippen molar-refractivity contribution < 1.29 is 18.7 Å². The highest BCUT2D eigenvalue weighted by molar-refractivity contribution is 5.99. The van der Waals surface area contributed by atoms with Gasteiger partial charge in [-0.05, 0) is 174 Å². The van der Waals surface area contributed by atoms with Crippen molar-refractivity contribution >= 4 is 5.78 Å². The number of Topliss-reactive ketones (excluding diaryl/α,β-unsaturated/α-hetero) is 1. The Morgan fingerprint density at radius 1 is 0.625 bits per heavy atom. The van der Waals surface area contributed by atoms with Gasteiger partial charge in [0.25, 0.3) is 0 Å². The third kappa shape index (κ3) is 6.70. The number of rotatable bonds is 8. The van der Waals surface area contributed by atoms with Gasteiger partial charge in [0.2, 0.25) is 0 Å². The predicted octanol–water partition coefficient (Wildman–Crippen LogP) is 8.86. The number of methoxy groups -OCH3 is 2. The number of nitrogens with zero attached hydrogens (tertiary/aromatic N) is 2. The van der Waals surface area contributed by atoms with E-state index in [1.807, 2.05) is 18.2 Å². The molecular formula is C42H57FN2O3. The SMILES string of the molecule is COc1cc(F)ccc1C1CCN([C@H]2C[C@H]3CC[C@H]2C3)CC1.COc1ccc(C(=O)C2CC2)cc1C1CCN([C@H]2C[C@H]3CC[C@H]2C3)CC1. The predicted molar refractivity (Wildman–Crippen MR) is 189 cm³/mol. The number of piperidine rings is 2. The molecular weight excluding hydrogens is 599 g/mol. The average Bonchev–Trinajstić information content (AvgIpc) is 3.44. The molecule has 7 fully saturated rings. The van der Waals surface area contributed by atoms with Crippen LogP contribution in [-0.4, -0.2) is 68.1 Å². The normalized spacial score (nSPS) is 32.3. The van der Waals surface area contributed by atoms with E-state index in [1.165, 1.54) is 120 Å². The zero-order valence-electron chi connectivity index (χ0n) is 29.4. The lowest BCUT2D eigenvalue weighted by Crippen LogP contribution is -2.43. The average molecular weight is 657 g/mol. The first-order valence-corrected chi connectivity index (χ1v) is 19.5. The van der Waals surface area contributed by atoms with Crippen molar-refractivity contribution in [2.75, 3.05) is 40.4 Å². The topological polar surface area (TPSA) is 42.0 Å². The second-order valence-corrected chi connectivity index (χ2v) is 16.6. The Kier molecular flexibility index (Phi) is 9.59. The minimum Gasteiger partial charge on any atom is -0.496 e. The van der Waals surface area contributed by atoms with E-state index < -0.39 is 0 Å². The fourth-order valence-corrected chi connectivity index (χ4v) is 11.2. The summed E-state index contributed by atoms with van der Waals surface area (Å²) in [5.74, 6) is 7.15. The van der Waals surface area contributed by atoms with Gasteiger partial charge in [-0.2, -0.15) is 0 Å². The second kappa shape index (κ2) is 14.1. The maximum Gasteiger partial charge on any atom is 0.165 e. The molecule has 260 valence electrons. The number of benzene rings is 2. The van der Waals surface area contributed by atoms with E-state index in [0.717, 1.165) is 65.7 Å². The number of carbonyl (C=O) groups excluding carboxylic acids is 1. The van der Waals surface area contributed by atoms with Gasteiger partial charge in [-0.3, -0.25) is 4.79 Å². The maximum atomic E-state index is 13.4. The van der Waals surface area contributed by atoms with E-state index >= 15 is 0 Å². The van der Waals surface area contributed by atoms with Gasteiger partial charge in [0.15, 0.2) is 5.78 Å². The summed E-state index contributed by atoms with van der Waals surface area (Å²) in [6, 6.07) is 12.9. The van der Waals surface area contributed by atoms with Gasteiger partial charge >= 0.3 is 0 Å². The zero-order valence-corrected chi connectivity index (χ0v) is 29.4. The van der Waals surface area contributed by atoms with Gasteiger partial charge in [-0.15, -0.1) is 0 Å². The Bertz CT molecular complexity index is 1440. The van der Waals surface area contributed by atoms with Gasteiger partial charge in [-0.25, -0.2) is 4.39 Å². The third-order valence-corrected chi connectivity index (χ3v) is 13.9. The first-order chi connectivity index (χ1) is 23.5. The number of fused-ring (bicyclic) bond motifs is 4. The van der Waals surface area contributed by atoms with Crippen LogP contribution in [-0.2, 0) is 0 Å². The van der Waals surface area contributed by atoms with Crippen LogP contribution in [0.25, 0.3) is 0 Å². The van der Waals surface area contributed by atoms with Crippen molar-refractivity contribution in [3.8, 4) is 11.5 Å². The Morgan fingerprint density at radius 3 is 1.67 bits per heavy atom. The molecule has 48 heavy (non-hydrogen) atoms. The highest BCUT2D eigenvalue weighted by Crippen LogP contribution is 2.49. The number of hydrogen-bond donors (Lipinski definition) is 0. The smallest absolute Gasteiger partial charge is 0.165 e. The molecule has 9 rings (SSSR count). The summed E-state index contributed by atoms with van der Waals surface area (Å²) in [5.41, 5.74) is 3.36. The monoisotopic (exact) mass is 656 g/mol. The fourth-order valence-electron chi connectivity index (χ4n) is 11.2. The molecule has 0 unspecified atom stereocenters. The molecule has 6 heteroatoms. The summed E-state index contributed by atoms with van der Waals surface area (Å²) in [6.45, 7) is 4.81. The quantitative estimate of drug-likeness (QED) is 0.266. The Morgan fingerprint density at radius 2 is 1.19 bits per heavy atom. The molecule has 5 nitrogen and oxygen atoms in total. The molecule has 2 saturated heterocycles. The van der Waals surface area contributed by atoms with Crippen molar-refractivity contribution in [2.45, 2.75) is 114 Å². The lowest BCUT2D eigenvalue weighted by molar-refractivity contribution is 0.0967. The Hall–Kier alpha value is -2.44. The minimum atomic E-state index is -0.208. The molecule has 4 bridgehead atoms. The van der Waals surface area contributed by atoms with E-state index in [-0.39, 0.29) is 11.7 Å². The van der Waals surface area contributed by atoms with Crippen LogP contribution in [0.3, 0.4) is 0 Å². The summed E-state index contributed by atoms with van der Waals surface area (Å²) in [4.78, 5) is 18.0. The molecule has 5 saturated carbocycles. The van der Waals surface area contributed by atoms with Crippen LogP contribution in [0.1, 0.15) is 123 Å². The van der Waals surface area contributed by atoms with Crippen LogP contribution < -0.4 is 9.47 Å². The molecule has 2 aromatic carbocycles. The molecule has 7 aliphatic rings. The maximum absolute atomic E-state index is 13.4. The molecule has 6 atom stereocenters. The number of ketones is 1. The zero-order chi connectivity index (χ0) is 32.8. The number of likely N-dealkylation sites (tertiary alicyclic amines) is 2. The lowest BCUT2D eigenvalue weighted by atomic mass is 9.85. The van der Waals surface area contributed by atoms with Crippen LogP contribution in [0.2, 0.25) is 0 Å². The largest absolute Gasteiger partial charge is 0.496 e. The Balaban J connectivity index is 0.000000142. The fraction of sp³-hybridized carbons (Fsp3) is 0.690. The number of hydrogen-bond acceptors (Lipinski definition) is 5. The molecule has 2 aliphatic heterocycles. The first-order valence-electron chi connectivity index (χ1n) is 19.5. The first kappa shape index (κ1) is 32.7. The molecule has 0 aromatic heterocycles. The van der Waals surface area contributed by atoms with Crippen LogP contribution >= 0.6 is 0 Å². The summed E-state index contributed by atoms with van der Waals surface area (Å²) in [5, 5.41) is 0. The van der Waals surface area contributed by atoms with Gasteiger partial charge in [0.05, 0.1) is 14.2 Å². The van der Waals surface area contributed by atoms with Crippen LogP contribution in [0.15, 0.2) is 36.4 Å². The van der Waals surface area contributed by atoms with Crippen LogP contribution in [0.5, 0.6) is 11.5 Å². The minimum absolute atomic E-state index is 0.208. The van der Waals surface area contributed by atoms with E-state index in [1.54, 1.807) is 20.3 Å². The van der Waals surface area contributed by atoms with E-state index in [2.05, 4.69) is 15.9 Å². The highest BCUT2D eigenvalue weighted by atomic mass is 19.1. The molecule has 0 spiro atoms. The van der Waals surface area contributed by atoms with Gasteiger partial charge < -0.3 is 19.3 Å². The molecule has 0 amide bonds.